The molecule has 1 aliphatic heterocycles. The van der Waals surface area contributed by atoms with Gasteiger partial charge in [0.25, 0.3) is 0 Å². The van der Waals surface area contributed by atoms with E-state index in [0.717, 1.165) is 17.7 Å². The number of benzene rings is 1. The lowest BCUT2D eigenvalue weighted by Crippen LogP contribution is -2.53. The molecule has 4 heterocycles. The van der Waals surface area contributed by atoms with Crippen LogP contribution in [0.2, 0.25) is 0 Å². The number of ether oxygens (including phenoxy) is 1. The molecule has 0 spiro atoms. The number of carbonyl (C=O) groups is 3. The molecule has 43 heavy (non-hydrogen) atoms. The summed E-state index contributed by atoms with van der Waals surface area (Å²) in [5.74, 6) is -0.301. The van der Waals surface area contributed by atoms with Crippen molar-refractivity contribution >= 4 is 45.2 Å². The molecule has 0 radical (unpaired) electrons. The molecule has 2 fully saturated rings. The van der Waals surface area contributed by atoms with E-state index in [2.05, 4.69) is 31.2 Å². The maximum atomic E-state index is 14.9. The Morgan fingerprint density at radius 1 is 1.07 bits per heavy atom. The molecule has 3 N–H and O–H groups in total. The number of aromatic nitrogens is 4. The molecule has 4 aromatic rings. The molecule has 0 unspecified atom stereocenters. The van der Waals surface area contributed by atoms with Crippen LogP contribution in [-0.4, -0.2) is 86.5 Å². The predicted molar refractivity (Wildman–Crippen MR) is 158 cm³/mol. The van der Waals surface area contributed by atoms with Gasteiger partial charge in [-0.2, -0.15) is 0 Å². The number of nitrogens with zero attached hydrogens (tertiary/aromatic N) is 6. The number of pyridine rings is 1. The highest BCUT2D eigenvalue weighted by molar-refractivity contribution is 7.22. The van der Waals surface area contributed by atoms with Crippen LogP contribution < -0.4 is 20.7 Å². The first-order chi connectivity index (χ1) is 20.9. The average molecular weight is 608 g/mol. The summed E-state index contributed by atoms with van der Waals surface area (Å²) in [6.45, 7) is 4.31. The number of halogens is 1. The maximum Gasteiger partial charge on any atom is 0.319 e. The van der Waals surface area contributed by atoms with Gasteiger partial charge in [-0.15, -0.1) is 16.4 Å². The molecule has 15 heteroatoms. The lowest BCUT2D eigenvalue weighted by Gasteiger charge is -2.34. The first-order valence-electron chi connectivity index (χ1n) is 14.0. The number of amides is 5. The highest BCUT2D eigenvalue weighted by Crippen LogP contribution is 2.39. The molecule has 13 nitrogen and oxygen atoms in total. The molecule has 1 aromatic carbocycles. The highest BCUT2D eigenvalue weighted by Gasteiger charge is 2.25. The van der Waals surface area contributed by atoms with Crippen molar-refractivity contribution in [3.05, 3.63) is 48.5 Å². The van der Waals surface area contributed by atoms with Gasteiger partial charge >= 0.3 is 12.1 Å². The zero-order valence-corrected chi connectivity index (χ0v) is 24.2. The average Bonchev–Trinajstić information content (AvgIpc) is 3.49. The summed E-state index contributed by atoms with van der Waals surface area (Å²) in [5, 5.41) is 16.6. The van der Waals surface area contributed by atoms with Crippen molar-refractivity contribution < 1.29 is 23.5 Å². The molecule has 0 bridgehead atoms. The van der Waals surface area contributed by atoms with E-state index in [1.807, 2.05) is 13.0 Å². The van der Waals surface area contributed by atoms with Gasteiger partial charge in [0.15, 0.2) is 11.6 Å². The highest BCUT2D eigenvalue weighted by atomic mass is 32.1. The summed E-state index contributed by atoms with van der Waals surface area (Å²) < 4.78 is 23.0. The molecule has 5 amide bonds. The number of hydrogen-bond donors (Lipinski definition) is 3. The van der Waals surface area contributed by atoms with Gasteiger partial charge in [0.05, 0.1) is 21.3 Å². The van der Waals surface area contributed by atoms with Gasteiger partial charge in [-0.3, -0.25) is 9.78 Å². The number of nitrogens with one attached hydrogen (secondary N) is 3. The predicted octanol–water partition coefficient (Wildman–Crippen LogP) is 3.64. The lowest BCUT2D eigenvalue weighted by atomic mass is 10.3. The molecule has 1 saturated carbocycles. The van der Waals surface area contributed by atoms with Gasteiger partial charge in [-0.1, -0.05) is 5.21 Å². The molecule has 0 atom stereocenters. The van der Waals surface area contributed by atoms with Crippen LogP contribution >= 0.6 is 11.3 Å². The first-order valence-corrected chi connectivity index (χ1v) is 14.8. The van der Waals surface area contributed by atoms with Crippen molar-refractivity contribution in [3.8, 4) is 22.1 Å². The van der Waals surface area contributed by atoms with Gasteiger partial charge in [0.2, 0.25) is 5.91 Å². The van der Waals surface area contributed by atoms with E-state index < -0.39 is 5.82 Å². The second kappa shape index (κ2) is 12.2. The third kappa shape index (κ3) is 6.66. The Kier molecular flexibility index (Phi) is 8.05. The van der Waals surface area contributed by atoms with Gasteiger partial charge in [-0.05, 0) is 38.0 Å². The Labute approximate surface area is 250 Å². The number of thiophene rings is 1. The smallest absolute Gasteiger partial charge is 0.319 e. The Morgan fingerprint density at radius 3 is 2.60 bits per heavy atom. The van der Waals surface area contributed by atoms with Gasteiger partial charge in [0, 0.05) is 62.8 Å². The van der Waals surface area contributed by atoms with Crippen LogP contribution in [0.5, 0.6) is 11.5 Å². The fourth-order valence-electron chi connectivity index (χ4n) is 4.63. The van der Waals surface area contributed by atoms with Crippen LogP contribution in [0, 0.1) is 5.82 Å². The maximum absolute atomic E-state index is 14.9. The second-order valence-electron chi connectivity index (χ2n) is 10.3. The van der Waals surface area contributed by atoms with Crippen molar-refractivity contribution in [2.24, 2.45) is 0 Å². The number of fused-ring (bicyclic) bond motifs is 1. The SMILES string of the molecule is CCNC(=O)N1CCN(C(=O)Cn2cc(-c3cc4nccc(Oc5ccc(NC(=O)NC6CC6)cc5F)c4s3)nn2)CC1. The largest absolute Gasteiger partial charge is 0.453 e. The second-order valence-corrected chi connectivity index (χ2v) is 11.3. The summed E-state index contributed by atoms with van der Waals surface area (Å²) in [7, 11) is 0. The zero-order valence-electron chi connectivity index (χ0n) is 23.4. The summed E-state index contributed by atoms with van der Waals surface area (Å²) in [6.07, 6.45) is 5.18. The summed E-state index contributed by atoms with van der Waals surface area (Å²) in [4.78, 5) is 45.4. The Balaban J connectivity index is 1.10. The van der Waals surface area contributed by atoms with E-state index in [1.165, 1.54) is 28.2 Å². The topological polar surface area (TPSA) is 147 Å². The lowest BCUT2D eigenvalue weighted by molar-refractivity contribution is -0.133. The van der Waals surface area contributed by atoms with Crippen molar-refractivity contribution in [1.29, 1.82) is 0 Å². The molecule has 1 aliphatic carbocycles. The third-order valence-electron chi connectivity index (χ3n) is 7.03. The molecule has 6 rings (SSSR count). The van der Waals surface area contributed by atoms with E-state index in [0.29, 0.717) is 60.1 Å². The van der Waals surface area contributed by atoms with Crippen LogP contribution in [0.3, 0.4) is 0 Å². The van der Waals surface area contributed by atoms with E-state index in [1.54, 1.807) is 34.3 Å². The number of hydrogen-bond acceptors (Lipinski definition) is 8. The molecule has 1 saturated heterocycles. The van der Waals surface area contributed by atoms with Crippen LogP contribution in [0.15, 0.2) is 42.7 Å². The van der Waals surface area contributed by atoms with Crippen LogP contribution in [0.25, 0.3) is 20.8 Å². The van der Waals surface area contributed by atoms with E-state index in [4.69, 9.17) is 4.74 Å². The molecular weight excluding hydrogens is 577 g/mol. The monoisotopic (exact) mass is 607 g/mol. The fourth-order valence-corrected chi connectivity index (χ4v) is 5.65. The third-order valence-corrected chi connectivity index (χ3v) is 8.20. The van der Waals surface area contributed by atoms with Crippen molar-refractivity contribution in [2.45, 2.75) is 32.4 Å². The number of piperazine rings is 1. The quantitative estimate of drug-likeness (QED) is 0.277. The number of carbonyl (C=O) groups excluding carboxylic acids is 3. The summed E-state index contributed by atoms with van der Waals surface area (Å²) in [6, 6.07) is 7.45. The van der Waals surface area contributed by atoms with Crippen LogP contribution in [0.4, 0.5) is 19.7 Å². The fraction of sp³-hybridized carbons (Fsp3) is 0.357. The zero-order chi connectivity index (χ0) is 29.9. The summed E-state index contributed by atoms with van der Waals surface area (Å²) >= 11 is 1.36. The Bertz CT molecular complexity index is 1660. The number of anilines is 1. The summed E-state index contributed by atoms with van der Waals surface area (Å²) in [5.41, 5.74) is 1.53. The van der Waals surface area contributed by atoms with Crippen molar-refractivity contribution in [1.82, 2.24) is 40.4 Å². The first kappa shape index (κ1) is 28.3. The standard InChI is InChI=1S/C28H30FN9O4S/c1-2-30-28(41)37-11-9-36(10-12-37)25(39)16-38-15-21(34-35-38)24-14-20-26(43-24)23(7-8-31-20)42-22-6-5-18(13-19(22)29)33-27(40)32-17-3-4-17/h5-8,13-15,17H,2-4,9-12,16H2,1H3,(H,30,41)(H2,32,33,40). The van der Waals surface area contributed by atoms with Gasteiger partial charge in [0.1, 0.15) is 18.0 Å². The number of urea groups is 2. The minimum absolute atomic E-state index is 0.00637. The minimum atomic E-state index is -0.621. The minimum Gasteiger partial charge on any atom is -0.453 e. The molecule has 3 aromatic heterocycles. The van der Waals surface area contributed by atoms with Gasteiger partial charge in [-0.25, -0.2) is 18.7 Å². The van der Waals surface area contributed by atoms with E-state index in [-0.39, 0.29) is 36.3 Å². The Morgan fingerprint density at radius 2 is 1.86 bits per heavy atom. The molecule has 2 aliphatic rings. The van der Waals surface area contributed by atoms with Gasteiger partial charge < -0.3 is 30.5 Å². The Hall–Kier alpha value is -4.79. The number of rotatable bonds is 8. The van der Waals surface area contributed by atoms with Crippen LogP contribution in [0.1, 0.15) is 19.8 Å². The van der Waals surface area contributed by atoms with E-state index >= 15 is 0 Å². The normalized spacial score (nSPS) is 14.9. The van der Waals surface area contributed by atoms with Crippen molar-refractivity contribution in [3.63, 3.8) is 0 Å². The molecular formula is C28H30FN9O4S. The van der Waals surface area contributed by atoms with E-state index in [9.17, 15) is 18.8 Å². The van der Waals surface area contributed by atoms with Crippen molar-refractivity contribution in [2.75, 3.05) is 38.0 Å². The van der Waals surface area contributed by atoms with Crippen LogP contribution in [-0.2, 0) is 11.3 Å². The molecule has 224 valence electrons.